The summed E-state index contributed by atoms with van der Waals surface area (Å²) in [5.74, 6) is 1.28. The lowest BCUT2D eigenvalue weighted by Crippen LogP contribution is -2.35. The number of ether oxygens (including phenoxy) is 2. The van der Waals surface area contributed by atoms with Gasteiger partial charge in [0.05, 0.1) is 20.8 Å². The molecule has 0 spiro atoms. The number of methoxy groups -OCH3 is 2. The fraction of sp³-hybridized carbons (Fsp3) is 0.350. The summed E-state index contributed by atoms with van der Waals surface area (Å²) in [5, 5.41) is 6.23. The number of hydrogen-bond donors (Lipinski definition) is 2. The van der Waals surface area contributed by atoms with Crippen LogP contribution in [-0.2, 0) is 11.3 Å². The number of carbonyl (C=O) groups is 1. The minimum absolute atomic E-state index is 0.0460. The highest BCUT2D eigenvalue weighted by molar-refractivity contribution is 9.10. The summed E-state index contributed by atoms with van der Waals surface area (Å²) in [4.78, 5) is 12.2. The standard InChI is InChI=1S/C20H25BrN2O3/c1-4-17(15-6-8-16(21)9-7-15)22-13-20(24)23-12-14-5-10-18(25-2)19(11-14)26-3/h5-11,17,22H,4,12-13H2,1-3H3,(H,23,24)/t17-/m1/s1. The Hall–Kier alpha value is -2.05. The van der Waals surface area contributed by atoms with E-state index in [0.29, 0.717) is 18.0 Å². The predicted molar refractivity (Wildman–Crippen MR) is 107 cm³/mol. The smallest absolute Gasteiger partial charge is 0.234 e. The van der Waals surface area contributed by atoms with Gasteiger partial charge >= 0.3 is 0 Å². The van der Waals surface area contributed by atoms with Gasteiger partial charge in [0.2, 0.25) is 5.91 Å². The molecule has 2 aromatic carbocycles. The molecule has 2 aromatic rings. The largest absolute Gasteiger partial charge is 0.493 e. The van der Waals surface area contributed by atoms with E-state index in [9.17, 15) is 4.79 Å². The van der Waals surface area contributed by atoms with Gasteiger partial charge in [-0.3, -0.25) is 4.79 Å². The molecule has 6 heteroatoms. The zero-order chi connectivity index (χ0) is 18.9. The fourth-order valence-corrected chi connectivity index (χ4v) is 2.93. The van der Waals surface area contributed by atoms with Gasteiger partial charge in [0.15, 0.2) is 11.5 Å². The van der Waals surface area contributed by atoms with Crippen LogP contribution in [0.2, 0.25) is 0 Å². The summed E-state index contributed by atoms with van der Waals surface area (Å²) in [6.07, 6.45) is 0.907. The van der Waals surface area contributed by atoms with Crippen molar-refractivity contribution in [1.82, 2.24) is 10.6 Å². The van der Waals surface area contributed by atoms with E-state index >= 15 is 0 Å². The van der Waals surface area contributed by atoms with Crippen molar-refractivity contribution in [3.05, 3.63) is 58.1 Å². The molecule has 0 aliphatic heterocycles. The number of hydrogen-bond acceptors (Lipinski definition) is 4. The number of nitrogens with one attached hydrogen (secondary N) is 2. The van der Waals surface area contributed by atoms with Gasteiger partial charge < -0.3 is 20.1 Å². The first-order valence-corrected chi connectivity index (χ1v) is 9.33. The Morgan fingerprint density at radius 2 is 1.77 bits per heavy atom. The molecular formula is C20H25BrN2O3. The van der Waals surface area contributed by atoms with E-state index < -0.39 is 0 Å². The van der Waals surface area contributed by atoms with E-state index in [2.05, 4.69) is 45.6 Å². The molecule has 0 aromatic heterocycles. The molecule has 0 unspecified atom stereocenters. The Morgan fingerprint density at radius 3 is 2.38 bits per heavy atom. The van der Waals surface area contributed by atoms with Gasteiger partial charge in [-0.15, -0.1) is 0 Å². The normalized spacial score (nSPS) is 11.7. The van der Waals surface area contributed by atoms with E-state index in [4.69, 9.17) is 9.47 Å². The molecule has 1 atom stereocenters. The molecular weight excluding hydrogens is 396 g/mol. The van der Waals surface area contributed by atoms with Gasteiger partial charge in [-0.05, 0) is 41.8 Å². The Balaban J connectivity index is 1.85. The summed E-state index contributed by atoms with van der Waals surface area (Å²) in [5.41, 5.74) is 2.12. The average molecular weight is 421 g/mol. The van der Waals surface area contributed by atoms with Gasteiger partial charge in [-0.25, -0.2) is 0 Å². The lowest BCUT2D eigenvalue weighted by atomic mass is 10.0. The molecule has 5 nitrogen and oxygen atoms in total. The first-order valence-electron chi connectivity index (χ1n) is 8.53. The first kappa shape index (κ1) is 20.3. The highest BCUT2D eigenvalue weighted by Gasteiger charge is 2.11. The summed E-state index contributed by atoms with van der Waals surface area (Å²) in [6.45, 7) is 2.80. The lowest BCUT2D eigenvalue weighted by molar-refractivity contribution is -0.120. The van der Waals surface area contributed by atoms with E-state index in [1.54, 1.807) is 14.2 Å². The van der Waals surface area contributed by atoms with Crippen molar-refractivity contribution in [3.8, 4) is 11.5 Å². The van der Waals surface area contributed by atoms with E-state index in [1.807, 2.05) is 30.3 Å². The van der Waals surface area contributed by atoms with Crippen LogP contribution in [0.3, 0.4) is 0 Å². The van der Waals surface area contributed by atoms with Crippen molar-refractivity contribution < 1.29 is 14.3 Å². The van der Waals surface area contributed by atoms with Crippen LogP contribution in [0.25, 0.3) is 0 Å². The monoisotopic (exact) mass is 420 g/mol. The summed E-state index contributed by atoms with van der Waals surface area (Å²) < 4.78 is 11.5. The third-order valence-corrected chi connectivity index (χ3v) is 4.66. The molecule has 2 N–H and O–H groups in total. The minimum atomic E-state index is -0.0460. The van der Waals surface area contributed by atoms with E-state index in [1.165, 1.54) is 5.56 Å². The molecule has 0 aliphatic rings. The van der Waals surface area contributed by atoms with Crippen LogP contribution in [0.1, 0.15) is 30.5 Å². The topological polar surface area (TPSA) is 59.6 Å². The van der Waals surface area contributed by atoms with Crippen molar-refractivity contribution in [2.24, 2.45) is 0 Å². The molecule has 0 fully saturated rings. The average Bonchev–Trinajstić information content (AvgIpc) is 2.67. The van der Waals surface area contributed by atoms with Crippen molar-refractivity contribution in [2.45, 2.75) is 25.9 Å². The third kappa shape index (κ3) is 5.75. The molecule has 0 radical (unpaired) electrons. The highest BCUT2D eigenvalue weighted by Crippen LogP contribution is 2.27. The van der Waals surface area contributed by atoms with Gasteiger partial charge in [0.1, 0.15) is 0 Å². The zero-order valence-electron chi connectivity index (χ0n) is 15.3. The molecule has 0 saturated heterocycles. The van der Waals surface area contributed by atoms with Crippen LogP contribution in [0.5, 0.6) is 11.5 Å². The third-order valence-electron chi connectivity index (χ3n) is 4.13. The molecule has 140 valence electrons. The zero-order valence-corrected chi connectivity index (χ0v) is 16.9. The molecule has 0 aliphatic carbocycles. The van der Waals surface area contributed by atoms with E-state index in [-0.39, 0.29) is 18.5 Å². The predicted octanol–water partition coefficient (Wildman–Crippen LogP) is 3.82. The second kappa shape index (κ2) is 10.2. The van der Waals surface area contributed by atoms with Crippen molar-refractivity contribution in [3.63, 3.8) is 0 Å². The van der Waals surface area contributed by atoms with Crippen molar-refractivity contribution in [2.75, 3.05) is 20.8 Å². The minimum Gasteiger partial charge on any atom is -0.493 e. The van der Waals surface area contributed by atoms with Crippen LogP contribution < -0.4 is 20.1 Å². The maximum Gasteiger partial charge on any atom is 0.234 e. The Kier molecular flexibility index (Phi) is 7.94. The van der Waals surface area contributed by atoms with Gasteiger partial charge in [-0.1, -0.05) is 41.1 Å². The second-order valence-electron chi connectivity index (χ2n) is 5.86. The van der Waals surface area contributed by atoms with Gasteiger partial charge in [0, 0.05) is 17.1 Å². The first-order chi connectivity index (χ1) is 12.6. The van der Waals surface area contributed by atoms with Crippen LogP contribution in [0, 0.1) is 0 Å². The van der Waals surface area contributed by atoms with Crippen LogP contribution >= 0.6 is 15.9 Å². The Bertz CT molecular complexity index is 719. The fourth-order valence-electron chi connectivity index (χ4n) is 2.66. The number of benzene rings is 2. The summed E-state index contributed by atoms with van der Waals surface area (Å²) in [7, 11) is 3.19. The second-order valence-corrected chi connectivity index (χ2v) is 6.78. The maximum atomic E-state index is 12.2. The molecule has 0 heterocycles. The number of halogens is 1. The molecule has 0 bridgehead atoms. The molecule has 2 rings (SSSR count). The van der Waals surface area contributed by atoms with Crippen LogP contribution in [-0.4, -0.2) is 26.7 Å². The number of rotatable bonds is 9. The summed E-state index contributed by atoms with van der Waals surface area (Å²) >= 11 is 3.44. The molecule has 0 saturated carbocycles. The number of carbonyl (C=O) groups excluding carboxylic acids is 1. The Morgan fingerprint density at radius 1 is 1.08 bits per heavy atom. The molecule has 26 heavy (non-hydrogen) atoms. The van der Waals surface area contributed by atoms with Crippen molar-refractivity contribution >= 4 is 21.8 Å². The SMILES string of the molecule is CC[C@@H](NCC(=O)NCc1ccc(OC)c(OC)c1)c1ccc(Br)cc1. The summed E-state index contributed by atoms with van der Waals surface area (Å²) in [6, 6.07) is 13.9. The quantitative estimate of drug-likeness (QED) is 0.647. The molecule has 1 amide bonds. The number of amides is 1. The lowest BCUT2D eigenvalue weighted by Gasteiger charge is -2.17. The van der Waals surface area contributed by atoms with Gasteiger partial charge in [-0.2, -0.15) is 0 Å². The van der Waals surface area contributed by atoms with Crippen molar-refractivity contribution in [1.29, 1.82) is 0 Å². The maximum absolute atomic E-state index is 12.2. The van der Waals surface area contributed by atoms with Crippen LogP contribution in [0.15, 0.2) is 46.9 Å². The van der Waals surface area contributed by atoms with E-state index in [0.717, 1.165) is 16.5 Å². The van der Waals surface area contributed by atoms with Gasteiger partial charge in [0.25, 0.3) is 0 Å². The van der Waals surface area contributed by atoms with Crippen LogP contribution in [0.4, 0.5) is 0 Å². The highest BCUT2D eigenvalue weighted by atomic mass is 79.9. The Labute approximate surface area is 163 Å².